The van der Waals surface area contributed by atoms with E-state index in [-0.39, 0.29) is 12.5 Å². The molecule has 0 atom stereocenters. The molecule has 0 aliphatic rings. The van der Waals surface area contributed by atoms with Crippen LogP contribution in [0.4, 0.5) is 0 Å². The zero-order chi connectivity index (χ0) is 17.2. The van der Waals surface area contributed by atoms with Crippen LogP contribution in [0.3, 0.4) is 0 Å². The number of rotatable bonds is 17. The summed E-state index contributed by atoms with van der Waals surface area (Å²) in [5, 5.41) is 13.8. The van der Waals surface area contributed by atoms with Crippen molar-refractivity contribution in [3.05, 3.63) is 11.2 Å². The van der Waals surface area contributed by atoms with Crippen molar-refractivity contribution in [2.24, 2.45) is 0 Å². The molecule has 2 N–H and O–H groups in total. The highest BCUT2D eigenvalue weighted by Crippen LogP contribution is 2.13. The SMILES string of the molecule is CCCCCCCCS/C=C(/OCNCCCCOC)C(=O)O. The highest BCUT2D eigenvalue weighted by atomic mass is 32.2. The molecule has 0 aliphatic heterocycles. The van der Waals surface area contributed by atoms with E-state index in [0.717, 1.165) is 38.2 Å². The first-order chi connectivity index (χ1) is 11.2. The average molecular weight is 348 g/mol. The number of nitrogens with one attached hydrogen (secondary N) is 1. The number of carboxylic acid groups (broad SMARTS) is 1. The second-order valence-corrected chi connectivity index (χ2v) is 6.39. The highest BCUT2D eigenvalue weighted by Gasteiger charge is 2.07. The predicted molar refractivity (Wildman–Crippen MR) is 96.6 cm³/mol. The summed E-state index contributed by atoms with van der Waals surface area (Å²) in [4.78, 5) is 11.1. The van der Waals surface area contributed by atoms with Crippen molar-refractivity contribution < 1.29 is 19.4 Å². The summed E-state index contributed by atoms with van der Waals surface area (Å²) >= 11 is 1.52. The monoisotopic (exact) mass is 347 g/mol. The van der Waals surface area contributed by atoms with Crippen LogP contribution >= 0.6 is 11.8 Å². The number of aliphatic carboxylic acids is 1. The third-order valence-corrected chi connectivity index (χ3v) is 4.20. The topological polar surface area (TPSA) is 67.8 Å². The molecule has 0 aliphatic carbocycles. The summed E-state index contributed by atoms with van der Waals surface area (Å²) in [5.41, 5.74) is 0. The van der Waals surface area contributed by atoms with Crippen molar-refractivity contribution in [2.45, 2.75) is 58.3 Å². The van der Waals surface area contributed by atoms with Crippen LogP contribution in [-0.4, -0.2) is 43.8 Å². The number of unbranched alkanes of at least 4 members (excludes halogenated alkanes) is 6. The van der Waals surface area contributed by atoms with Gasteiger partial charge in [0.05, 0.1) is 0 Å². The van der Waals surface area contributed by atoms with Gasteiger partial charge in [-0.2, -0.15) is 0 Å². The van der Waals surface area contributed by atoms with Gasteiger partial charge in [0.2, 0.25) is 5.76 Å². The zero-order valence-corrected chi connectivity index (χ0v) is 15.5. The number of methoxy groups -OCH3 is 1. The fourth-order valence-electron chi connectivity index (χ4n) is 1.94. The summed E-state index contributed by atoms with van der Waals surface area (Å²) in [5.74, 6) is -0.0523. The molecule has 0 aromatic carbocycles. The highest BCUT2D eigenvalue weighted by molar-refractivity contribution is 8.02. The minimum Gasteiger partial charge on any atom is -0.475 e. The number of hydrogen-bond acceptors (Lipinski definition) is 5. The Hall–Kier alpha value is -0.720. The molecule has 0 bridgehead atoms. The van der Waals surface area contributed by atoms with Gasteiger partial charge in [-0.1, -0.05) is 39.0 Å². The van der Waals surface area contributed by atoms with Gasteiger partial charge in [-0.3, -0.25) is 5.32 Å². The smallest absolute Gasteiger partial charge is 0.371 e. The maximum atomic E-state index is 11.1. The van der Waals surface area contributed by atoms with Gasteiger partial charge < -0.3 is 14.6 Å². The van der Waals surface area contributed by atoms with E-state index in [1.54, 1.807) is 12.5 Å². The third kappa shape index (κ3) is 15.9. The van der Waals surface area contributed by atoms with Gasteiger partial charge in [-0.05, 0) is 31.6 Å². The number of carboxylic acids is 1. The Kier molecular flexibility index (Phi) is 17.1. The van der Waals surface area contributed by atoms with E-state index in [1.807, 2.05) is 0 Å². The normalized spacial score (nSPS) is 11.7. The molecule has 136 valence electrons. The lowest BCUT2D eigenvalue weighted by atomic mass is 10.1. The van der Waals surface area contributed by atoms with E-state index >= 15 is 0 Å². The van der Waals surface area contributed by atoms with Crippen molar-refractivity contribution in [1.82, 2.24) is 5.32 Å². The Bertz CT molecular complexity index is 311. The first-order valence-electron chi connectivity index (χ1n) is 8.59. The van der Waals surface area contributed by atoms with Crippen LogP contribution in [0, 0.1) is 0 Å². The largest absolute Gasteiger partial charge is 0.475 e. The van der Waals surface area contributed by atoms with Crippen LogP contribution in [0.2, 0.25) is 0 Å². The van der Waals surface area contributed by atoms with Crippen LogP contribution in [0.1, 0.15) is 58.3 Å². The van der Waals surface area contributed by atoms with E-state index in [0.29, 0.717) is 0 Å². The van der Waals surface area contributed by atoms with Crippen molar-refractivity contribution in [3.63, 3.8) is 0 Å². The minimum absolute atomic E-state index is 0.0189. The first-order valence-corrected chi connectivity index (χ1v) is 9.64. The maximum absolute atomic E-state index is 11.1. The quantitative estimate of drug-likeness (QED) is 0.179. The van der Waals surface area contributed by atoms with Crippen LogP contribution < -0.4 is 5.32 Å². The fourth-order valence-corrected chi connectivity index (χ4v) is 2.75. The molecule has 0 heterocycles. The average Bonchev–Trinajstić information content (AvgIpc) is 2.54. The van der Waals surface area contributed by atoms with Gasteiger partial charge in [0, 0.05) is 19.1 Å². The number of hydrogen-bond donors (Lipinski definition) is 2. The Morgan fingerprint density at radius 3 is 2.57 bits per heavy atom. The van der Waals surface area contributed by atoms with Gasteiger partial charge in [0.1, 0.15) is 6.73 Å². The first kappa shape index (κ1) is 22.3. The summed E-state index contributed by atoms with van der Waals surface area (Å²) < 4.78 is 10.2. The second kappa shape index (κ2) is 17.6. The molecule has 5 nitrogen and oxygen atoms in total. The minimum atomic E-state index is -1.01. The molecule has 0 aromatic heterocycles. The molecule has 0 fully saturated rings. The maximum Gasteiger partial charge on any atom is 0.371 e. The molecule has 0 radical (unpaired) electrons. The Balaban J connectivity index is 3.65. The number of thioether (sulfide) groups is 1. The molecule has 0 unspecified atom stereocenters. The lowest BCUT2D eigenvalue weighted by Crippen LogP contribution is -2.21. The van der Waals surface area contributed by atoms with Crippen LogP contribution in [0.5, 0.6) is 0 Å². The van der Waals surface area contributed by atoms with Gasteiger partial charge in [0.25, 0.3) is 0 Å². The summed E-state index contributed by atoms with van der Waals surface area (Å²) in [6, 6.07) is 0. The number of ether oxygens (including phenoxy) is 2. The van der Waals surface area contributed by atoms with Gasteiger partial charge in [-0.25, -0.2) is 4.79 Å². The molecule has 0 saturated carbocycles. The number of carbonyl (C=O) groups is 1. The van der Waals surface area contributed by atoms with Gasteiger partial charge in [0.15, 0.2) is 0 Å². The summed E-state index contributed by atoms with van der Waals surface area (Å²) in [6.45, 7) is 3.98. The zero-order valence-electron chi connectivity index (χ0n) is 14.6. The van der Waals surface area contributed by atoms with E-state index in [2.05, 4.69) is 12.2 Å². The summed E-state index contributed by atoms with van der Waals surface area (Å²) in [7, 11) is 1.68. The predicted octanol–water partition coefficient (Wildman–Crippen LogP) is 4.00. The van der Waals surface area contributed by atoms with Gasteiger partial charge >= 0.3 is 5.97 Å². The van der Waals surface area contributed by atoms with Crippen molar-refractivity contribution in [3.8, 4) is 0 Å². The molecular weight excluding hydrogens is 314 g/mol. The molecule has 0 rings (SSSR count). The van der Waals surface area contributed by atoms with Crippen LogP contribution in [-0.2, 0) is 14.3 Å². The Morgan fingerprint density at radius 1 is 1.13 bits per heavy atom. The second-order valence-electron chi connectivity index (χ2n) is 5.41. The van der Waals surface area contributed by atoms with E-state index < -0.39 is 5.97 Å². The van der Waals surface area contributed by atoms with Crippen molar-refractivity contribution in [2.75, 3.05) is 32.7 Å². The lowest BCUT2D eigenvalue weighted by Gasteiger charge is -2.08. The van der Waals surface area contributed by atoms with E-state index in [9.17, 15) is 4.79 Å². The lowest BCUT2D eigenvalue weighted by molar-refractivity contribution is -0.136. The van der Waals surface area contributed by atoms with Crippen molar-refractivity contribution >= 4 is 17.7 Å². The third-order valence-electron chi connectivity index (χ3n) is 3.30. The Morgan fingerprint density at radius 2 is 1.87 bits per heavy atom. The molecule has 6 heteroatoms. The molecule has 23 heavy (non-hydrogen) atoms. The standard InChI is InChI=1S/C17H33NO4S/c1-3-4-5-6-7-10-13-23-14-16(17(19)20)22-15-18-11-8-9-12-21-2/h14,18H,3-13,15H2,1-2H3,(H,19,20)/b16-14+. The van der Waals surface area contributed by atoms with Gasteiger partial charge in [-0.15, -0.1) is 11.8 Å². The molecule has 0 saturated heterocycles. The molecule has 0 spiro atoms. The molecule has 0 amide bonds. The van der Waals surface area contributed by atoms with E-state index in [4.69, 9.17) is 14.6 Å². The molecule has 0 aromatic rings. The van der Waals surface area contributed by atoms with Crippen LogP contribution in [0.15, 0.2) is 11.2 Å². The van der Waals surface area contributed by atoms with Crippen molar-refractivity contribution in [1.29, 1.82) is 0 Å². The summed E-state index contributed by atoms with van der Waals surface area (Å²) in [6.07, 6.45) is 9.45. The van der Waals surface area contributed by atoms with Crippen LogP contribution in [0.25, 0.3) is 0 Å². The molecular formula is C17H33NO4S. The Labute approximate surface area is 145 Å². The van der Waals surface area contributed by atoms with E-state index in [1.165, 1.54) is 43.9 Å². The fraction of sp³-hybridized carbons (Fsp3) is 0.824.